The van der Waals surface area contributed by atoms with E-state index in [1.165, 1.54) is 0 Å². The summed E-state index contributed by atoms with van der Waals surface area (Å²) >= 11 is 0. The number of rotatable bonds is 5. The maximum absolute atomic E-state index is 11.9. The smallest absolute Gasteiger partial charge is 0.266 e. The molecular formula is C15H24N4O3. The first-order chi connectivity index (χ1) is 10.8. The van der Waals surface area contributed by atoms with Crippen LogP contribution in [-0.4, -0.2) is 48.4 Å². The molecule has 7 heteroatoms. The van der Waals surface area contributed by atoms with E-state index >= 15 is 0 Å². The van der Waals surface area contributed by atoms with Crippen molar-refractivity contribution >= 4 is 11.9 Å². The van der Waals surface area contributed by atoms with Crippen LogP contribution >= 0.6 is 0 Å². The Hall–Kier alpha value is -1.63. The zero-order valence-electron chi connectivity index (χ0n) is 13.1. The van der Waals surface area contributed by atoms with Crippen LogP contribution in [0.3, 0.4) is 0 Å². The molecule has 2 saturated heterocycles. The number of piperidine rings is 1. The summed E-state index contributed by atoms with van der Waals surface area (Å²) in [6.07, 6.45) is 4.43. The summed E-state index contributed by atoms with van der Waals surface area (Å²) in [7, 11) is 0. The lowest BCUT2D eigenvalue weighted by molar-refractivity contribution is -0.130. The molecule has 3 rings (SSSR count). The first kappa shape index (κ1) is 15.3. The van der Waals surface area contributed by atoms with Gasteiger partial charge in [-0.25, -0.2) is 0 Å². The quantitative estimate of drug-likeness (QED) is 0.878. The number of ether oxygens (including phenoxy) is 1. The van der Waals surface area contributed by atoms with E-state index in [4.69, 9.17) is 9.26 Å². The fourth-order valence-corrected chi connectivity index (χ4v) is 3.00. The molecule has 1 N–H and O–H groups in total. The minimum Gasteiger partial charge on any atom is -0.368 e. The van der Waals surface area contributed by atoms with Gasteiger partial charge in [0.05, 0.1) is 0 Å². The number of hydrogen-bond donors (Lipinski definition) is 1. The SMILES string of the molecule is CCc1nc(N2CCC(CNC(=O)C3CCCO3)CC2)no1. The van der Waals surface area contributed by atoms with Crippen molar-refractivity contribution in [3.05, 3.63) is 5.89 Å². The van der Waals surface area contributed by atoms with Gasteiger partial charge in [0.25, 0.3) is 5.95 Å². The van der Waals surface area contributed by atoms with Gasteiger partial charge in [0.2, 0.25) is 11.8 Å². The average molecular weight is 308 g/mol. The molecule has 3 heterocycles. The molecule has 2 aliphatic heterocycles. The van der Waals surface area contributed by atoms with E-state index in [0.717, 1.165) is 51.7 Å². The summed E-state index contributed by atoms with van der Waals surface area (Å²) in [4.78, 5) is 18.5. The number of carbonyl (C=O) groups is 1. The summed E-state index contributed by atoms with van der Waals surface area (Å²) < 4.78 is 10.6. The zero-order chi connectivity index (χ0) is 15.4. The Balaban J connectivity index is 1.40. The van der Waals surface area contributed by atoms with Crippen molar-refractivity contribution < 1.29 is 14.1 Å². The van der Waals surface area contributed by atoms with Crippen molar-refractivity contribution in [2.75, 3.05) is 31.1 Å². The van der Waals surface area contributed by atoms with Crippen LogP contribution in [0.5, 0.6) is 0 Å². The number of hydrogen-bond acceptors (Lipinski definition) is 6. The monoisotopic (exact) mass is 308 g/mol. The van der Waals surface area contributed by atoms with E-state index in [9.17, 15) is 4.79 Å². The maximum Gasteiger partial charge on any atom is 0.266 e. The summed E-state index contributed by atoms with van der Waals surface area (Å²) in [5.41, 5.74) is 0. The van der Waals surface area contributed by atoms with E-state index in [1.807, 2.05) is 6.92 Å². The van der Waals surface area contributed by atoms with Crippen LogP contribution in [0.1, 0.15) is 38.5 Å². The Morgan fingerprint density at radius 1 is 1.36 bits per heavy atom. The van der Waals surface area contributed by atoms with E-state index in [2.05, 4.69) is 20.4 Å². The predicted octanol–water partition coefficient (Wildman–Crippen LogP) is 1.14. The third kappa shape index (κ3) is 3.58. The molecule has 1 aromatic rings. The van der Waals surface area contributed by atoms with Gasteiger partial charge in [0, 0.05) is 32.7 Å². The second kappa shape index (κ2) is 7.09. The second-order valence-electron chi connectivity index (χ2n) is 6.02. The Morgan fingerprint density at radius 3 is 2.82 bits per heavy atom. The van der Waals surface area contributed by atoms with Crippen molar-refractivity contribution in [1.82, 2.24) is 15.5 Å². The highest BCUT2D eigenvalue weighted by Crippen LogP contribution is 2.21. The fourth-order valence-electron chi connectivity index (χ4n) is 3.00. The Morgan fingerprint density at radius 2 is 2.18 bits per heavy atom. The molecule has 122 valence electrons. The number of nitrogens with one attached hydrogen (secondary N) is 1. The summed E-state index contributed by atoms with van der Waals surface area (Å²) in [5.74, 6) is 1.93. The van der Waals surface area contributed by atoms with Gasteiger partial charge >= 0.3 is 0 Å². The second-order valence-corrected chi connectivity index (χ2v) is 6.02. The molecule has 0 radical (unpaired) electrons. The van der Waals surface area contributed by atoms with Gasteiger partial charge in [-0.15, -0.1) is 0 Å². The summed E-state index contributed by atoms with van der Waals surface area (Å²) in [6, 6.07) is 0. The molecule has 0 spiro atoms. The van der Waals surface area contributed by atoms with Gasteiger partial charge in [-0.2, -0.15) is 4.98 Å². The highest BCUT2D eigenvalue weighted by atomic mass is 16.5. The summed E-state index contributed by atoms with van der Waals surface area (Å²) in [6.45, 7) is 5.26. The molecule has 1 aromatic heterocycles. The van der Waals surface area contributed by atoms with Crippen LogP contribution in [0.25, 0.3) is 0 Å². The molecule has 22 heavy (non-hydrogen) atoms. The van der Waals surface area contributed by atoms with E-state index < -0.39 is 0 Å². The lowest BCUT2D eigenvalue weighted by atomic mass is 9.97. The van der Waals surface area contributed by atoms with E-state index in [0.29, 0.717) is 24.4 Å². The van der Waals surface area contributed by atoms with Crippen molar-refractivity contribution in [3.8, 4) is 0 Å². The maximum atomic E-state index is 11.9. The van der Waals surface area contributed by atoms with Crippen LogP contribution in [0.15, 0.2) is 4.52 Å². The molecule has 7 nitrogen and oxygen atoms in total. The zero-order valence-corrected chi connectivity index (χ0v) is 13.1. The number of carbonyl (C=O) groups excluding carboxylic acids is 1. The normalized spacial score (nSPS) is 23.0. The largest absolute Gasteiger partial charge is 0.368 e. The molecule has 2 fully saturated rings. The van der Waals surface area contributed by atoms with Gasteiger partial charge < -0.3 is 19.5 Å². The van der Waals surface area contributed by atoms with Crippen LogP contribution in [0.2, 0.25) is 0 Å². The van der Waals surface area contributed by atoms with Gasteiger partial charge in [-0.3, -0.25) is 4.79 Å². The van der Waals surface area contributed by atoms with Crippen molar-refractivity contribution in [1.29, 1.82) is 0 Å². The van der Waals surface area contributed by atoms with Crippen molar-refractivity contribution in [2.45, 2.75) is 45.1 Å². The van der Waals surface area contributed by atoms with Gasteiger partial charge in [-0.1, -0.05) is 6.92 Å². The number of aromatic nitrogens is 2. The lowest BCUT2D eigenvalue weighted by Gasteiger charge is -2.31. The van der Waals surface area contributed by atoms with E-state index in [1.54, 1.807) is 0 Å². The van der Waals surface area contributed by atoms with Crippen molar-refractivity contribution in [2.24, 2.45) is 5.92 Å². The molecule has 2 aliphatic rings. The molecule has 1 amide bonds. The highest BCUT2D eigenvalue weighted by Gasteiger charge is 2.26. The van der Waals surface area contributed by atoms with Gasteiger partial charge in [0.1, 0.15) is 6.10 Å². The van der Waals surface area contributed by atoms with Crippen molar-refractivity contribution in [3.63, 3.8) is 0 Å². The molecule has 0 bridgehead atoms. The molecule has 0 aliphatic carbocycles. The number of aryl methyl sites for hydroxylation is 1. The predicted molar refractivity (Wildman–Crippen MR) is 80.6 cm³/mol. The van der Waals surface area contributed by atoms with Crippen LogP contribution in [0, 0.1) is 5.92 Å². The van der Waals surface area contributed by atoms with Crippen LogP contribution in [0.4, 0.5) is 5.95 Å². The Kier molecular flexibility index (Phi) is 4.92. The first-order valence-corrected chi connectivity index (χ1v) is 8.23. The average Bonchev–Trinajstić information content (AvgIpc) is 3.24. The topological polar surface area (TPSA) is 80.5 Å². The molecule has 1 atom stereocenters. The van der Waals surface area contributed by atoms with Gasteiger partial charge in [-0.05, 0) is 36.8 Å². The highest BCUT2D eigenvalue weighted by molar-refractivity contribution is 5.80. The molecular weight excluding hydrogens is 284 g/mol. The molecule has 0 aromatic carbocycles. The third-order valence-corrected chi connectivity index (χ3v) is 4.44. The standard InChI is InChI=1S/C15H24N4O3/c1-2-13-17-15(18-22-13)19-7-5-11(6-8-19)10-16-14(20)12-4-3-9-21-12/h11-12H,2-10H2,1H3,(H,16,20). The lowest BCUT2D eigenvalue weighted by Crippen LogP contribution is -2.41. The minimum atomic E-state index is -0.230. The number of anilines is 1. The molecule has 1 unspecified atom stereocenters. The molecule has 0 saturated carbocycles. The number of nitrogens with zero attached hydrogens (tertiary/aromatic N) is 3. The van der Waals surface area contributed by atoms with Crippen LogP contribution in [-0.2, 0) is 16.0 Å². The third-order valence-electron chi connectivity index (χ3n) is 4.44. The first-order valence-electron chi connectivity index (χ1n) is 8.23. The van der Waals surface area contributed by atoms with Crippen LogP contribution < -0.4 is 10.2 Å². The van der Waals surface area contributed by atoms with Gasteiger partial charge in [0.15, 0.2) is 0 Å². The van der Waals surface area contributed by atoms with E-state index in [-0.39, 0.29) is 12.0 Å². The Labute approximate surface area is 130 Å². The summed E-state index contributed by atoms with van der Waals surface area (Å²) in [5, 5.41) is 7.05. The minimum absolute atomic E-state index is 0.0469. The Bertz CT molecular complexity index is 491. The fraction of sp³-hybridized carbons (Fsp3) is 0.800. The number of amides is 1.